The molecule has 0 spiro atoms. The highest BCUT2D eigenvalue weighted by Gasteiger charge is 2.33. The van der Waals surface area contributed by atoms with Crippen LogP contribution < -0.4 is 10.1 Å². The summed E-state index contributed by atoms with van der Waals surface area (Å²) in [5.74, 6) is -0.237. The zero-order valence-electron chi connectivity index (χ0n) is 10.5. The van der Waals surface area contributed by atoms with Gasteiger partial charge in [0.25, 0.3) is 5.91 Å². The highest BCUT2D eigenvalue weighted by Crippen LogP contribution is 2.33. The van der Waals surface area contributed by atoms with E-state index in [0.717, 1.165) is 12.8 Å². The minimum atomic E-state index is -0.888. The Morgan fingerprint density at radius 1 is 1.32 bits per heavy atom. The molecule has 102 valence electrons. The zero-order valence-corrected chi connectivity index (χ0v) is 10.5. The van der Waals surface area contributed by atoms with E-state index < -0.39 is 5.97 Å². The quantitative estimate of drug-likeness (QED) is 0.780. The summed E-state index contributed by atoms with van der Waals surface area (Å²) in [6.45, 7) is -0.0904. The van der Waals surface area contributed by atoms with Crippen LogP contribution in [-0.4, -0.2) is 29.6 Å². The number of amides is 1. The third-order valence-corrected chi connectivity index (χ3v) is 3.05. The Labute approximate surface area is 111 Å². The molecule has 1 unspecified atom stereocenters. The molecule has 1 atom stereocenters. The molecule has 0 saturated heterocycles. The molecule has 0 radical (unpaired) electrons. The summed E-state index contributed by atoms with van der Waals surface area (Å²) in [6, 6.07) is 8.77. The van der Waals surface area contributed by atoms with Gasteiger partial charge in [-0.15, -0.1) is 0 Å². The van der Waals surface area contributed by atoms with Crippen molar-refractivity contribution in [3.05, 3.63) is 30.3 Å². The first kappa shape index (κ1) is 13.4. The number of carbonyl (C=O) groups excluding carboxylic acids is 1. The summed E-state index contributed by atoms with van der Waals surface area (Å²) in [7, 11) is 0. The van der Waals surface area contributed by atoms with Gasteiger partial charge in [0, 0.05) is 6.04 Å². The zero-order chi connectivity index (χ0) is 13.7. The van der Waals surface area contributed by atoms with Crippen LogP contribution in [0, 0.1) is 5.92 Å². The van der Waals surface area contributed by atoms with Crippen molar-refractivity contribution in [1.82, 2.24) is 5.32 Å². The van der Waals surface area contributed by atoms with Crippen molar-refractivity contribution in [1.29, 1.82) is 0 Å². The number of nitrogens with one attached hydrogen (secondary N) is 1. The Hall–Kier alpha value is -2.04. The van der Waals surface area contributed by atoms with Crippen molar-refractivity contribution < 1.29 is 19.4 Å². The van der Waals surface area contributed by atoms with Crippen molar-refractivity contribution in [3.8, 4) is 5.75 Å². The van der Waals surface area contributed by atoms with E-state index in [0.29, 0.717) is 11.7 Å². The number of carboxylic acids is 1. The number of carbonyl (C=O) groups is 2. The molecule has 19 heavy (non-hydrogen) atoms. The monoisotopic (exact) mass is 263 g/mol. The van der Waals surface area contributed by atoms with Crippen molar-refractivity contribution in [2.45, 2.75) is 25.3 Å². The maximum absolute atomic E-state index is 11.7. The van der Waals surface area contributed by atoms with Crippen LogP contribution in [0.25, 0.3) is 0 Å². The third kappa shape index (κ3) is 4.62. The van der Waals surface area contributed by atoms with E-state index in [1.807, 2.05) is 18.2 Å². The SMILES string of the molecule is O=C(O)CC(NC(=O)COc1ccccc1)C1CC1. The van der Waals surface area contributed by atoms with E-state index in [9.17, 15) is 9.59 Å². The summed E-state index contributed by atoms with van der Waals surface area (Å²) in [4.78, 5) is 22.4. The molecule has 0 aromatic heterocycles. The van der Waals surface area contributed by atoms with Crippen molar-refractivity contribution in [3.63, 3.8) is 0 Å². The van der Waals surface area contributed by atoms with Crippen LogP contribution in [-0.2, 0) is 9.59 Å². The molecule has 0 aliphatic heterocycles. The van der Waals surface area contributed by atoms with Crippen LogP contribution >= 0.6 is 0 Å². The summed E-state index contributed by atoms with van der Waals surface area (Å²) >= 11 is 0. The Bertz CT molecular complexity index is 442. The fourth-order valence-corrected chi connectivity index (χ4v) is 1.94. The van der Waals surface area contributed by atoms with Gasteiger partial charge < -0.3 is 15.2 Å². The first-order valence-corrected chi connectivity index (χ1v) is 6.34. The molecular weight excluding hydrogens is 246 g/mol. The fraction of sp³-hybridized carbons (Fsp3) is 0.429. The molecule has 1 aliphatic rings. The molecule has 2 N–H and O–H groups in total. The molecule has 5 nitrogen and oxygen atoms in total. The largest absolute Gasteiger partial charge is 0.484 e. The van der Waals surface area contributed by atoms with Crippen LogP contribution in [0.15, 0.2) is 30.3 Å². The number of benzene rings is 1. The molecule has 1 fully saturated rings. The molecule has 2 rings (SSSR count). The van der Waals surface area contributed by atoms with E-state index in [-0.39, 0.29) is 25.0 Å². The van der Waals surface area contributed by atoms with Gasteiger partial charge in [-0.3, -0.25) is 9.59 Å². The molecular formula is C14H17NO4. The van der Waals surface area contributed by atoms with Gasteiger partial charge in [-0.05, 0) is 30.9 Å². The molecule has 0 heterocycles. The number of rotatable bonds is 7. The predicted molar refractivity (Wildman–Crippen MR) is 68.8 cm³/mol. The summed E-state index contributed by atoms with van der Waals surface area (Å²) < 4.78 is 5.31. The highest BCUT2D eigenvalue weighted by atomic mass is 16.5. The van der Waals surface area contributed by atoms with Gasteiger partial charge in [0.15, 0.2) is 6.61 Å². The molecule has 1 saturated carbocycles. The second-order valence-corrected chi connectivity index (χ2v) is 4.71. The van der Waals surface area contributed by atoms with Gasteiger partial charge >= 0.3 is 5.97 Å². The lowest BCUT2D eigenvalue weighted by Gasteiger charge is -2.16. The summed E-state index contributed by atoms with van der Waals surface area (Å²) in [5.41, 5.74) is 0. The van der Waals surface area contributed by atoms with Gasteiger partial charge in [0.1, 0.15) is 5.75 Å². The lowest BCUT2D eigenvalue weighted by molar-refractivity contribution is -0.138. The number of hydrogen-bond donors (Lipinski definition) is 2. The normalized spacial score (nSPS) is 15.6. The van der Waals surface area contributed by atoms with Crippen LogP contribution in [0.1, 0.15) is 19.3 Å². The second-order valence-electron chi connectivity index (χ2n) is 4.71. The van der Waals surface area contributed by atoms with Crippen molar-refractivity contribution >= 4 is 11.9 Å². The summed E-state index contributed by atoms with van der Waals surface area (Å²) in [5, 5.41) is 11.5. The van der Waals surface area contributed by atoms with Gasteiger partial charge in [-0.2, -0.15) is 0 Å². The van der Waals surface area contributed by atoms with E-state index in [1.54, 1.807) is 12.1 Å². The standard InChI is InChI=1S/C14H17NO4/c16-13(9-19-11-4-2-1-3-5-11)15-12(8-14(17)18)10-6-7-10/h1-5,10,12H,6-9H2,(H,15,16)(H,17,18). The number of ether oxygens (including phenoxy) is 1. The molecule has 1 aromatic rings. The first-order valence-electron chi connectivity index (χ1n) is 6.34. The van der Waals surface area contributed by atoms with E-state index >= 15 is 0 Å². The minimum absolute atomic E-state index is 0.0260. The lowest BCUT2D eigenvalue weighted by Crippen LogP contribution is -2.40. The molecule has 0 bridgehead atoms. The van der Waals surface area contributed by atoms with E-state index in [1.165, 1.54) is 0 Å². The van der Waals surface area contributed by atoms with Crippen molar-refractivity contribution in [2.75, 3.05) is 6.61 Å². The van der Waals surface area contributed by atoms with Crippen LogP contribution in [0.2, 0.25) is 0 Å². The maximum atomic E-state index is 11.7. The topological polar surface area (TPSA) is 75.6 Å². The van der Waals surface area contributed by atoms with Crippen molar-refractivity contribution in [2.24, 2.45) is 5.92 Å². The lowest BCUT2D eigenvalue weighted by atomic mass is 10.1. The summed E-state index contributed by atoms with van der Waals surface area (Å²) in [6.07, 6.45) is 1.94. The van der Waals surface area contributed by atoms with Gasteiger partial charge in [-0.1, -0.05) is 18.2 Å². The molecule has 5 heteroatoms. The number of aliphatic carboxylic acids is 1. The van der Waals surface area contributed by atoms with Gasteiger partial charge in [-0.25, -0.2) is 0 Å². The van der Waals surface area contributed by atoms with Gasteiger partial charge in [0.2, 0.25) is 0 Å². The molecule has 1 amide bonds. The Morgan fingerprint density at radius 2 is 2.00 bits per heavy atom. The minimum Gasteiger partial charge on any atom is -0.484 e. The van der Waals surface area contributed by atoms with Crippen LogP contribution in [0.3, 0.4) is 0 Å². The second kappa shape index (κ2) is 6.22. The van der Waals surface area contributed by atoms with Crippen LogP contribution in [0.4, 0.5) is 0 Å². The van der Waals surface area contributed by atoms with E-state index in [2.05, 4.69) is 5.32 Å². The number of para-hydroxylation sites is 1. The first-order chi connectivity index (χ1) is 9.15. The van der Waals surface area contributed by atoms with Gasteiger partial charge in [0.05, 0.1) is 6.42 Å². The Balaban J connectivity index is 1.77. The number of carboxylic acid groups (broad SMARTS) is 1. The average molecular weight is 263 g/mol. The van der Waals surface area contributed by atoms with Crippen LogP contribution in [0.5, 0.6) is 5.75 Å². The van der Waals surface area contributed by atoms with E-state index in [4.69, 9.17) is 9.84 Å². The Morgan fingerprint density at radius 3 is 2.58 bits per heavy atom. The smallest absolute Gasteiger partial charge is 0.305 e. The maximum Gasteiger partial charge on any atom is 0.305 e. The molecule has 1 aliphatic carbocycles. The molecule has 1 aromatic carbocycles. The average Bonchev–Trinajstić information content (AvgIpc) is 3.20. The highest BCUT2D eigenvalue weighted by molar-refractivity contribution is 5.79. The number of hydrogen-bond acceptors (Lipinski definition) is 3. The third-order valence-electron chi connectivity index (χ3n) is 3.05. The predicted octanol–water partition coefficient (Wildman–Crippen LogP) is 1.43. The fourth-order valence-electron chi connectivity index (χ4n) is 1.94. The Kier molecular flexibility index (Phi) is 4.39.